The maximum absolute atomic E-state index is 13.6. The van der Waals surface area contributed by atoms with Crippen LogP contribution in [-0.2, 0) is 12.2 Å². The fourth-order valence-electron chi connectivity index (χ4n) is 3.75. The van der Waals surface area contributed by atoms with Gasteiger partial charge in [-0.1, -0.05) is 46.8 Å². The Morgan fingerprint density at radius 3 is 2.62 bits per heavy atom. The number of nitrogens with zero attached hydrogens (tertiary/aromatic N) is 6. The molecular weight excluding hydrogens is 444 g/mol. The monoisotopic (exact) mass is 462 g/mol. The van der Waals surface area contributed by atoms with Gasteiger partial charge in [0.1, 0.15) is 0 Å². The number of anilines is 1. The van der Waals surface area contributed by atoms with Gasteiger partial charge >= 0.3 is 0 Å². The Morgan fingerprint density at radius 2 is 1.81 bits per heavy atom. The number of halogens is 1. The number of thioether (sulfide) groups is 1. The van der Waals surface area contributed by atoms with Gasteiger partial charge in [-0.05, 0) is 54.8 Å². The molecule has 7 nitrogen and oxygen atoms in total. The summed E-state index contributed by atoms with van der Waals surface area (Å²) in [5, 5.41) is 9.88. The van der Waals surface area contributed by atoms with Gasteiger partial charge in [-0.3, -0.25) is 4.79 Å². The summed E-state index contributed by atoms with van der Waals surface area (Å²) < 4.78 is 1.69. The van der Waals surface area contributed by atoms with E-state index in [2.05, 4.69) is 26.3 Å². The number of hydrogen-bond acceptors (Lipinski definition) is 6. The molecule has 2 aromatic carbocycles. The van der Waals surface area contributed by atoms with Gasteiger partial charge in [0.25, 0.3) is 5.91 Å². The van der Waals surface area contributed by atoms with Gasteiger partial charge in [0, 0.05) is 35.4 Å². The number of amides is 1. The maximum Gasteiger partial charge on any atom is 0.280 e. The molecule has 1 aliphatic rings. The van der Waals surface area contributed by atoms with Crippen LogP contribution in [0.3, 0.4) is 0 Å². The Bertz CT molecular complexity index is 1250. The fourth-order valence-corrected chi connectivity index (χ4v) is 4.67. The van der Waals surface area contributed by atoms with E-state index in [4.69, 9.17) is 11.6 Å². The lowest BCUT2D eigenvalue weighted by Gasteiger charge is -2.29. The molecule has 0 atom stereocenters. The minimum Gasteiger partial charge on any atom is -0.307 e. The second-order valence-electron chi connectivity index (χ2n) is 7.28. The number of carbonyl (C=O) groups is 1. The quantitative estimate of drug-likeness (QED) is 0.319. The molecule has 32 heavy (non-hydrogen) atoms. The Hall–Kier alpha value is -3.23. The van der Waals surface area contributed by atoms with Crippen LogP contribution in [0, 0.1) is 0 Å². The SMILES string of the molecule is O=C(c1nnn(-c2ccc(Cl)cc2)c1CSc1ncccn1)N1CCCc2ccccc21. The molecule has 0 saturated carbocycles. The first-order valence-corrected chi connectivity index (χ1v) is 11.6. The van der Waals surface area contributed by atoms with Crippen molar-refractivity contribution in [2.75, 3.05) is 11.4 Å². The number of aromatic nitrogens is 5. The third-order valence-corrected chi connectivity index (χ3v) is 6.41. The Morgan fingerprint density at radius 1 is 1.03 bits per heavy atom. The fraction of sp³-hybridized carbons (Fsp3) is 0.174. The van der Waals surface area contributed by atoms with Crippen molar-refractivity contribution in [2.24, 2.45) is 0 Å². The number of hydrogen-bond donors (Lipinski definition) is 0. The molecule has 4 aromatic rings. The first-order chi connectivity index (χ1) is 15.7. The summed E-state index contributed by atoms with van der Waals surface area (Å²) in [6.07, 6.45) is 5.27. The number of rotatable bonds is 5. The van der Waals surface area contributed by atoms with Crippen LogP contribution in [0.1, 0.15) is 28.2 Å². The van der Waals surface area contributed by atoms with E-state index in [0.717, 1.165) is 24.2 Å². The number of para-hydroxylation sites is 1. The molecule has 160 valence electrons. The largest absolute Gasteiger partial charge is 0.307 e. The van der Waals surface area contributed by atoms with Crippen molar-refractivity contribution in [3.8, 4) is 5.69 Å². The van der Waals surface area contributed by atoms with Crippen LogP contribution in [0.4, 0.5) is 5.69 Å². The first-order valence-electron chi connectivity index (χ1n) is 10.2. The third kappa shape index (κ3) is 4.11. The van der Waals surface area contributed by atoms with Crippen molar-refractivity contribution in [2.45, 2.75) is 23.8 Å². The molecule has 5 rings (SSSR count). The van der Waals surface area contributed by atoms with Crippen molar-refractivity contribution in [3.63, 3.8) is 0 Å². The highest BCUT2D eigenvalue weighted by Crippen LogP contribution is 2.30. The minimum absolute atomic E-state index is 0.151. The molecule has 0 bridgehead atoms. The van der Waals surface area contributed by atoms with Crippen molar-refractivity contribution < 1.29 is 4.79 Å². The summed E-state index contributed by atoms with van der Waals surface area (Å²) in [4.78, 5) is 24.0. The zero-order valence-electron chi connectivity index (χ0n) is 17.1. The van der Waals surface area contributed by atoms with Crippen LogP contribution in [0.25, 0.3) is 5.69 Å². The number of fused-ring (bicyclic) bond motifs is 1. The summed E-state index contributed by atoms with van der Waals surface area (Å²) in [5.41, 5.74) is 3.92. The number of aryl methyl sites for hydroxylation is 1. The van der Waals surface area contributed by atoms with Crippen LogP contribution in [-0.4, -0.2) is 37.4 Å². The lowest BCUT2D eigenvalue weighted by Crippen LogP contribution is -2.36. The average Bonchev–Trinajstić information content (AvgIpc) is 3.27. The molecule has 1 aliphatic heterocycles. The van der Waals surface area contributed by atoms with E-state index in [1.54, 1.807) is 35.3 Å². The molecule has 0 radical (unpaired) electrons. The Balaban J connectivity index is 1.53. The van der Waals surface area contributed by atoms with Crippen LogP contribution in [0.15, 0.2) is 72.1 Å². The van der Waals surface area contributed by atoms with Gasteiger partial charge in [-0.2, -0.15) is 0 Å². The molecule has 0 saturated heterocycles. The Labute approximate surface area is 194 Å². The summed E-state index contributed by atoms with van der Waals surface area (Å²) in [6.45, 7) is 0.651. The van der Waals surface area contributed by atoms with Crippen LogP contribution >= 0.6 is 23.4 Å². The number of benzene rings is 2. The summed E-state index contributed by atoms with van der Waals surface area (Å²) in [6, 6.07) is 17.1. The van der Waals surface area contributed by atoms with Gasteiger partial charge in [-0.15, -0.1) is 5.10 Å². The molecule has 2 aromatic heterocycles. The van der Waals surface area contributed by atoms with E-state index in [9.17, 15) is 4.79 Å². The molecule has 9 heteroatoms. The van der Waals surface area contributed by atoms with E-state index < -0.39 is 0 Å². The van der Waals surface area contributed by atoms with Crippen molar-refractivity contribution in [1.29, 1.82) is 0 Å². The smallest absolute Gasteiger partial charge is 0.280 e. The van der Waals surface area contributed by atoms with Gasteiger partial charge in [0.15, 0.2) is 10.9 Å². The Kier molecular flexibility index (Phi) is 5.87. The normalized spacial score (nSPS) is 13.1. The molecule has 0 aliphatic carbocycles. The second-order valence-corrected chi connectivity index (χ2v) is 8.66. The van der Waals surface area contributed by atoms with Crippen molar-refractivity contribution in [1.82, 2.24) is 25.0 Å². The lowest BCUT2D eigenvalue weighted by atomic mass is 10.0. The topological polar surface area (TPSA) is 76.8 Å². The highest BCUT2D eigenvalue weighted by Gasteiger charge is 2.29. The molecular formula is C23H19ClN6OS. The van der Waals surface area contributed by atoms with Gasteiger partial charge < -0.3 is 4.90 Å². The van der Waals surface area contributed by atoms with Crippen molar-refractivity contribution >= 4 is 35.0 Å². The van der Waals surface area contributed by atoms with E-state index >= 15 is 0 Å². The van der Waals surface area contributed by atoms with Crippen LogP contribution in [0.2, 0.25) is 5.02 Å². The summed E-state index contributed by atoms with van der Waals surface area (Å²) in [5.74, 6) is 0.290. The molecule has 0 spiro atoms. The summed E-state index contributed by atoms with van der Waals surface area (Å²) in [7, 11) is 0. The molecule has 0 unspecified atom stereocenters. The lowest BCUT2D eigenvalue weighted by molar-refractivity contribution is 0.0979. The van der Waals surface area contributed by atoms with E-state index in [-0.39, 0.29) is 5.91 Å². The van der Waals surface area contributed by atoms with Crippen molar-refractivity contribution in [3.05, 3.63) is 89.0 Å². The van der Waals surface area contributed by atoms with Crippen LogP contribution in [0.5, 0.6) is 0 Å². The standard InChI is InChI=1S/C23H19ClN6OS/c24-17-8-10-18(11-9-17)30-20(15-32-23-25-12-4-13-26-23)21(27-28-30)22(31)29-14-3-6-16-5-1-2-7-19(16)29/h1-2,4-5,7-13H,3,6,14-15H2. The zero-order chi connectivity index (χ0) is 21.9. The molecule has 0 fully saturated rings. The van der Waals surface area contributed by atoms with Gasteiger partial charge in [0.05, 0.1) is 11.4 Å². The maximum atomic E-state index is 13.6. The summed E-state index contributed by atoms with van der Waals surface area (Å²) >= 11 is 7.49. The van der Waals surface area contributed by atoms with E-state index in [1.807, 2.05) is 35.2 Å². The second kappa shape index (κ2) is 9.10. The van der Waals surface area contributed by atoms with E-state index in [1.165, 1.54) is 17.3 Å². The highest BCUT2D eigenvalue weighted by molar-refractivity contribution is 7.98. The molecule has 0 N–H and O–H groups in total. The first kappa shape index (κ1) is 20.7. The van der Waals surface area contributed by atoms with Gasteiger partial charge in [0.2, 0.25) is 0 Å². The predicted octanol–water partition coefficient (Wildman–Crippen LogP) is 4.60. The third-order valence-electron chi connectivity index (χ3n) is 5.27. The predicted molar refractivity (Wildman–Crippen MR) is 124 cm³/mol. The minimum atomic E-state index is -0.151. The molecule has 3 heterocycles. The van der Waals surface area contributed by atoms with Crippen LogP contribution < -0.4 is 4.90 Å². The number of carbonyl (C=O) groups excluding carboxylic acids is 1. The van der Waals surface area contributed by atoms with E-state index in [0.29, 0.717) is 33.9 Å². The van der Waals surface area contributed by atoms with Gasteiger partial charge in [-0.25, -0.2) is 14.6 Å². The average molecular weight is 463 g/mol. The molecule has 1 amide bonds. The zero-order valence-corrected chi connectivity index (χ0v) is 18.6. The highest BCUT2D eigenvalue weighted by atomic mass is 35.5.